The van der Waals surface area contributed by atoms with Crippen LogP contribution in [0.15, 0.2) is 88.5 Å². The van der Waals surface area contributed by atoms with Crippen LogP contribution in [0.2, 0.25) is 0 Å². The Bertz CT molecular complexity index is 3000. The van der Waals surface area contributed by atoms with Gasteiger partial charge in [0.1, 0.15) is 22.0 Å². The van der Waals surface area contributed by atoms with E-state index in [4.69, 9.17) is 9.10 Å². The maximum atomic E-state index is 14.1. The summed E-state index contributed by atoms with van der Waals surface area (Å²) in [5.74, 6) is 1.79. The van der Waals surface area contributed by atoms with Crippen LogP contribution in [0.1, 0.15) is 130 Å². The molecule has 0 unspecified atom stereocenters. The van der Waals surface area contributed by atoms with Crippen LogP contribution in [0.4, 0.5) is 17.2 Å². The average Bonchev–Trinajstić information content (AvgIpc) is 3.90. The molecule has 3 N–H and O–H groups in total. The zero-order valence-electron chi connectivity index (χ0n) is 39.6. The number of anilines is 2. The fraction of sp³-hybridized carbons (Fsp3) is 0.519. The number of hydrogen-bond donors (Lipinski definition) is 3. The van der Waals surface area contributed by atoms with Crippen molar-refractivity contribution in [3.8, 4) is 11.5 Å². The molecule has 3 aliphatic heterocycles. The Kier molecular flexibility index (Phi) is 12.8. The molecule has 3 aliphatic carbocycles. The van der Waals surface area contributed by atoms with Crippen molar-refractivity contribution in [1.82, 2.24) is 24.6 Å². The van der Waals surface area contributed by atoms with Gasteiger partial charge in [0.15, 0.2) is 0 Å². The first kappa shape index (κ1) is 46.8. The molecule has 2 aromatic carbocycles. The second-order valence-electron chi connectivity index (χ2n) is 20.9. The number of piperidine rings is 1. The molecule has 18 heteroatoms. The Morgan fingerprint density at radius 3 is 2.43 bits per heavy atom. The van der Waals surface area contributed by atoms with E-state index >= 15 is 0 Å². The normalized spacial score (nSPS) is 23.7. The molecular weight excluding hydrogens is 927 g/mol. The lowest BCUT2D eigenvalue weighted by atomic mass is 9.59. The highest BCUT2D eigenvalue weighted by atomic mass is 32.2. The van der Waals surface area contributed by atoms with Gasteiger partial charge < -0.3 is 19.9 Å². The highest BCUT2D eigenvalue weighted by Gasteiger charge is 2.50. The summed E-state index contributed by atoms with van der Waals surface area (Å²) in [7, 11) is -6.76. The van der Waals surface area contributed by atoms with Crippen molar-refractivity contribution in [3.63, 3.8) is 0 Å². The molecule has 70 heavy (non-hydrogen) atoms. The van der Waals surface area contributed by atoms with Crippen LogP contribution < -0.4 is 19.7 Å². The minimum atomic E-state index is -4.64. The second kappa shape index (κ2) is 19.2. The number of hydrogen-bond acceptors (Lipinski definition) is 13. The lowest BCUT2D eigenvalue weighted by molar-refractivity contribution is -0.384. The summed E-state index contributed by atoms with van der Waals surface area (Å²) in [6, 6.07) is 20.1. The molecule has 370 valence electrons. The lowest BCUT2D eigenvalue weighted by Crippen LogP contribution is -2.54. The van der Waals surface area contributed by atoms with Gasteiger partial charge in [-0.15, -0.1) is 0 Å². The van der Waals surface area contributed by atoms with Crippen molar-refractivity contribution >= 4 is 53.9 Å². The smallest absolute Gasteiger partial charge is 0.312 e. The van der Waals surface area contributed by atoms with Gasteiger partial charge >= 0.3 is 5.69 Å². The zero-order chi connectivity index (χ0) is 48.0. The first-order chi connectivity index (χ1) is 33.9. The SMILES string of the molecule is O=C(NS(=O)(=O)c1cnc(NCC2CCC(N=S3(=O)CCCCC3)CC2)c([N+](=O)[O-])c1)c1ccc(N2CCC3(CC2)CC(N2CCC[C@@H]2c2ccccc2C2CC2)C3)cc1Oc1cnc2[nH]ccc2c1. The maximum Gasteiger partial charge on any atom is 0.312 e. The topological polar surface area (TPSA) is 205 Å². The third-order valence-electron chi connectivity index (χ3n) is 16.2. The number of aromatic nitrogens is 3. The Hall–Kier alpha value is -5.59. The minimum absolute atomic E-state index is 0.0333. The van der Waals surface area contributed by atoms with E-state index in [2.05, 4.69) is 59.1 Å². The number of nitrogens with zero attached hydrogens (tertiary/aromatic N) is 6. The number of benzene rings is 2. The molecule has 3 aromatic heterocycles. The van der Waals surface area contributed by atoms with Gasteiger partial charge in [0, 0.05) is 82.4 Å². The number of sulfonamides is 1. The van der Waals surface area contributed by atoms with Gasteiger partial charge in [-0.25, -0.2) is 31.7 Å². The van der Waals surface area contributed by atoms with E-state index in [-0.39, 0.29) is 29.1 Å². The number of H-pyrrole nitrogens is 1. The van der Waals surface area contributed by atoms with E-state index in [1.807, 2.05) is 12.1 Å². The summed E-state index contributed by atoms with van der Waals surface area (Å²) in [5.41, 5.74) is 4.40. The van der Waals surface area contributed by atoms with Crippen molar-refractivity contribution in [3.05, 3.63) is 106 Å². The van der Waals surface area contributed by atoms with Gasteiger partial charge in [0.25, 0.3) is 15.9 Å². The third-order valence-corrected chi connectivity index (χ3v) is 20.0. The third kappa shape index (κ3) is 9.87. The second-order valence-corrected chi connectivity index (χ2v) is 25.1. The monoisotopic (exact) mass is 989 g/mol. The summed E-state index contributed by atoms with van der Waals surface area (Å²) < 4.78 is 54.1. The van der Waals surface area contributed by atoms with Crippen molar-refractivity contribution in [2.75, 3.05) is 47.9 Å². The number of fused-ring (bicyclic) bond motifs is 1. The number of carbonyl (C=O) groups excluding carboxylic acids is 1. The number of likely N-dealkylation sites (tertiary alicyclic amines) is 1. The Morgan fingerprint density at radius 1 is 0.900 bits per heavy atom. The van der Waals surface area contributed by atoms with E-state index in [1.54, 1.807) is 41.7 Å². The van der Waals surface area contributed by atoms with Gasteiger partial charge in [-0.3, -0.25) is 19.8 Å². The molecule has 1 spiro atoms. The number of ether oxygens (including phenoxy) is 1. The van der Waals surface area contributed by atoms with Gasteiger partial charge in [-0.1, -0.05) is 30.7 Å². The van der Waals surface area contributed by atoms with Crippen LogP contribution in [-0.4, -0.2) is 93.1 Å². The Labute approximate surface area is 410 Å². The first-order valence-electron chi connectivity index (χ1n) is 25.4. The molecular formula is C52H63N9O7S2. The lowest BCUT2D eigenvalue weighted by Gasteiger charge is -2.56. The number of aromatic amines is 1. The zero-order valence-corrected chi connectivity index (χ0v) is 41.2. The molecule has 3 saturated heterocycles. The quantitative estimate of drug-likeness (QED) is 0.0703. The minimum Gasteiger partial charge on any atom is -0.455 e. The van der Waals surface area contributed by atoms with Gasteiger partial charge in [0.05, 0.1) is 28.9 Å². The van der Waals surface area contributed by atoms with E-state index in [1.165, 1.54) is 45.1 Å². The number of rotatable bonds is 14. The summed E-state index contributed by atoms with van der Waals surface area (Å²) in [6.07, 6.45) is 20.3. The predicted octanol–water partition coefficient (Wildman–Crippen LogP) is 9.86. The number of pyridine rings is 2. The van der Waals surface area contributed by atoms with Crippen LogP contribution in [-0.2, 0) is 19.8 Å². The van der Waals surface area contributed by atoms with E-state index < -0.39 is 41.2 Å². The van der Waals surface area contributed by atoms with E-state index in [0.29, 0.717) is 46.9 Å². The summed E-state index contributed by atoms with van der Waals surface area (Å²) in [6.45, 7) is 3.25. The van der Waals surface area contributed by atoms with Crippen molar-refractivity contribution < 1.29 is 27.1 Å². The van der Waals surface area contributed by atoms with Gasteiger partial charge in [-0.2, -0.15) is 0 Å². The van der Waals surface area contributed by atoms with Crippen molar-refractivity contribution in [1.29, 1.82) is 0 Å². The highest BCUT2D eigenvalue weighted by Crippen LogP contribution is 2.55. The van der Waals surface area contributed by atoms with Crippen LogP contribution in [0.3, 0.4) is 0 Å². The fourth-order valence-corrected chi connectivity index (χ4v) is 15.6. The molecule has 1 amide bonds. The van der Waals surface area contributed by atoms with E-state index in [9.17, 15) is 27.5 Å². The maximum absolute atomic E-state index is 14.1. The Balaban J connectivity index is 0.755. The highest BCUT2D eigenvalue weighted by molar-refractivity contribution is 7.93. The molecule has 0 bridgehead atoms. The summed E-state index contributed by atoms with van der Waals surface area (Å²) in [5, 5.41) is 16.2. The van der Waals surface area contributed by atoms with Crippen LogP contribution in [0.5, 0.6) is 11.5 Å². The van der Waals surface area contributed by atoms with Crippen molar-refractivity contribution in [2.45, 2.75) is 125 Å². The van der Waals surface area contributed by atoms with Crippen LogP contribution in [0.25, 0.3) is 11.0 Å². The summed E-state index contributed by atoms with van der Waals surface area (Å²) >= 11 is 0. The summed E-state index contributed by atoms with van der Waals surface area (Å²) in [4.78, 5) is 42.0. The largest absolute Gasteiger partial charge is 0.455 e. The molecule has 6 heterocycles. The molecule has 1 atom stereocenters. The molecule has 6 aliphatic rings. The van der Waals surface area contributed by atoms with Gasteiger partial charge in [-0.05, 0) is 149 Å². The molecule has 16 nitrogen and oxygen atoms in total. The average molecular weight is 990 g/mol. The van der Waals surface area contributed by atoms with Crippen LogP contribution in [0, 0.1) is 21.4 Å². The Morgan fingerprint density at radius 2 is 1.67 bits per heavy atom. The molecule has 11 rings (SSSR count). The standard InChI is InChI=1S/C52H63N9O7S2/c62-51(58-70(66,67)42-29-47(61(63)64)50(56-34-42)54-32-35-10-14-38(15-11-35)57-69(65)25-4-1-5-26-69)45-17-16-39(28-48(45)68-41-27-37-18-21-53-49(37)55-33-41)59-23-19-52(20-24-59)30-40(31-52)60-22-6-9-46(60)44-8-3-2-7-43(44)36-12-13-36/h2-3,7-8,16-18,21,27-29,33-36,38,40,46H,1,4-6,9-15,19-20,22-26,30-32H2,(H,53,55)(H,54,56)(H,58,62)/t35?,38?,46-/m1/s1. The molecule has 0 radical (unpaired) electrons. The fourth-order valence-electron chi connectivity index (χ4n) is 12.1. The molecule has 3 saturated carbocycles. The van der Waals surface area contributed by atoms with Crippen LogP contribution >= 0.6 is 0 Å². The van der Waals surface area contributed by atoms with Gasteiger partial charge in [0.2, 0.25) is 5.82 Å². The predicted molar refractivity (Wildman–Crippen MR) is 271 cm³/mol. The number of nitrogens with one attached hydrogen (secondary N) is 3. The first-order valence-corrected chi connectivity index (χ1v) is 28.8. The number of amides is 1. The van der Waals surface area contributed by atoms with E-state index in [0.717, 1.165) is 100 Å². The number of nitro groups is 1. The molecule has 5 aromatic rings. The number of carbonyl (C=O) groups is 1. The molecule has 6 fully saturated rings. The van der Waals surface area contributed by atoms with Crippen molar-refractivity contribution in [2.24, 2.45) is 15.7 Å².